The quantitative estimate of drug-likeness (QED) is 0.778. The molecular formula is C18H22N4O6S. The second-order valence-electron chi connectivity index (χ2n) is 6.40. The summed E-state index contributed by atoms with van der Waals surface area (Å²) >= 11 is 0. The highest BCUT2D eigenvalue weighted by Gasteiger charge is 2.30. The Morgan fingerprint density at radius 1 is 1.17 bits per heavy atom. The van der Waals surface area contributed by atoms with E-state index in [1.165, 1.54) is 33.5 Å². The van der Waals surface area contributed by atoms with Crippen LogP contribution >= 0.6 is 0 Å². The first-order valence-corrected chi connectivity index (χ1v) is 10.5. The number of anilines is 1. The van der Waals surface area contributed by atoms with E-state index in [0.717, 1.165) is 0 Å². The highest BCUT2D eigenvalue weighted by atomic mass is 32.2. The van der Waals surface area contributed by atoms with Crippen molar-refractivity contribution in [3.05, 3.63) is 41.6 Å². The molecule has 0 radical (unpaired) electrons. The number of hydrogen-bond acceptors (Lipinski definition) is 7. The van der Waals surface area contributed by atoms with Crippen LogP contribution in [0.2, 0.25) is 0 Å². The average molecular weight is 422 g/mol. The van der Waals surface area contributed by atoms with E-state index in [4.69, 9.17) is 9.26 Å². The summed E-state index contributed by atoms with van der Waals surface area (Å²) in [7, 11) is -3.73. The van der Waals surface area contributed by atoms with Gasteiger partial charge in [0.25, 0.3) is 5.91 Å². The molecule has 11 heteroatoms. The van der Waals surface area contributed by atoms with Crippen molar-refractivity contribution < 1.29 is 27.3 Å². The molecule has 2 aromatic rings. The van der Waals surface area contributed by atoms with Gasteiger partial charge in [-0.05, 0) is 38.1 Å². The lowest BCUT2D eigenvalue weighted by Gasteiger charge is -2.33. The van der Waals surface area contributed by atoms with Crippen LogP contribution < -0.4 is 5.32 Å². The molecular weight excluding hydrogens is 400 g/mol. The Morgan fingerprint density at radius 2 is 1.83 bits per heavy atom. The van der Waals surface area contributed by atoms with E-state index in [2.05, 4.69) is 10.5 Å². The van der Waals surface area contributed by atoms with E-state index >= 15 is 0 Å². The molecule has 1 aromatic carbocycles. The van der Waals surface area contributed by atoms with Crippen molar-refractivity contribution in [3.8, 4) is 0 Å². The lowest BCUT2D eigenvalue weighted by molar-refractivity contribution is 0.0933. The molecule has 1 aliphatic heterocycles. The van der Waals surface area contributed by atoms with Crippen LogP contribution in [0.4, 0.5) is 10.7 Å². The zero-order chi connectivity index (χ0) is 21.0. The summed E-state index contributed by atoms with van der Waals surface area (Å²) < 4.78 is 36.8. The lowest BCUT2D eigenvalue weighted by Crippen LogP contribution is -2.50. The fraction of sp³-hybridized carbons (Fsp3) is 0.389. The molecule has 1 fully saturated rings. The van der Waals surface area contributed by atoms with Gasteiger partial charge in [0.05, 0.1) is 17.2 Å². The van der Waals surface area contributed by atoms with E-state index in [1.54, 1.807) is 19.9 Å². The molecule has 0 bridgehead atoms. The smallest absolute Gasteiger partial charge is 0.409 e. The molecule has 2 heterocycles. The Kier molecular flexibility index (Phi) is 6.18. The zero-order valence-corrected chi connectivity index (χ0v) is 16.9. The maximum atomic E-state index is 12.8. The van der Waals surface area contributed by atoms with Gasteiger partial charge in [0.15, 0.2) is 0 Å². The minimum absolute atomic E-state index is 0.0779. The van der Waals surface area contributed by atoms with Crippen molar-refractivity contribution in [2.75, 3.05) is 38.1 Å². The number of carbonyl (C=O) groups excluding carboxylic acids is 2. The predicted molar refractivity (Wildman–Crippen MR) is 103 cm³/mol. The number of nitrogens with zero attached hydrogens (tertiary/aromatic N) is 3. The van der Waals surface area contributed by atoms with Crippen molar-refractivity contribution in [3.63, 3.8) is 0 Å². The lowest BCUT2D eigenvalue weighted by atomic mass is 10.2. The number of carbonyl (C=O) groups is 2. The van der Waals surface area contributed by atoms with Crippen molar-refractivity contribution in [2.24, 2.45) is 0 Å². The summed E-state index contributed by atoms with van der Waals surface area (Å²) in [6.45, 7) is 4.58. The van der Waals surface area contributed by atoms with Gasteiger partial charge in [0.1, 0.15) is 0 Å². The SMILES string of the molecule is CCOC(=O)N1CCN(S(=O)(=O)c2ccc(C(=O)Nc3cc(C)no3)cc2)CC1. The molecule has 29 heavy (non-hydrogen) atoms. The summed E-state index contributed by atoms with van der Waals surface area (Å²) in [5, 5.41) is 6.23. The topological polar surface area (TPSA) is 122 Å². The molecule has 156 valence electrons. The second-order valence-corrected chi connectivity index (χ2v) is 8.34. The Hall–Kier alpha value is -2.92. The fourth-order valence-corrected chi connectivity index (χ4v) is 4.28. The third kappa shape index (κ3) is 4.74. The second kappa shape index (κ2) is 8.62. The monoisotopic (exact) mass is 422 g/mol. The highest BCUT2D eigenvalue weighted by Crippen LogP contribution is 2.19. The number of benzene rings is 1. The van der Waals surface area contributed by atoms with Crippen LogP contribution in [0.15, 0.2) is 39.8 Å². The molecule has 1 aromatic heterocycles. The number of piperazine rings is 1. The van der Waals surface area contributed by atoms with Crippen molar-refractivity contribution >= 4 is 27.9 Å². The standard InChI is InChI=1S/C18H22N4O6S/c1-3-27-18(24)21-8-10-22(11-9-21)29(25,26)15-6-4-14(5-7-15)17(23)19-16-12-13(2)20-28-16/h4-7,12H,3,8-11H2,1-2H3,(H,19,23). The van der Waals surface area contributed by atoms with Gasteiger partial charge in [-0.15, -0.1) is 0 Å². The molecule has 1 saturated heterocycles. The summed E-state index contributed by atoms with van der Waals surface area (Å²) in [6, 6.07) is 7.20. The number of ether oxygens (including phenoxy) is 1. The van der Waals surface area contributed by atoms with Crippen LogP contribution in [0.5, 0.6) is 0 Å². The van der Waals surface area contributed by atoms with E-state index in [9.17, 15) is 18.0 Å². The normalized spacial score (nSPS) is 15.2. The molecule has 0 saturated carbocycles. The maximum Gasteiger partial charge on any atom is 0.409 e. The van der Waals surface area contributed by atoms with E-state index in [0.29, 0.717) is 5.69 Å². The van der Waals surface area contributed by atoms with Crippen LogP contribution in [-0.2, 0) is 14.8 Å². The van der Waals surface area contributed by atoms with E-state index < -0.39 is 22.0 Å². The summed E-state index contributed by atoms with van der Waals surface area (Å²) in [6.07, 6.45) is -0.443. The molecule has 0 unspecified atom stereocenters. The summed E-state index contributed by atoms with van der Waals surface area (Å²) in [5.41, 5.74) is 0.912. The fourth-order valence-electron chi connectivity index (χ4n) is 2.86. The number of aromatic nitrogens is 1. The van der Waals surface area contributed by atoms with E-state index in [1.807, 2.05) is 0 Å². The third-order valence-corrected chi connectivity index (χ3v) is 6.30. The van der Waals surface area contributed by atoms with Crippen molar-refractivity contribution in [2.45, 2.75) is 18.7 Å². The molecule has 1 N–H and O–H groups in total. The molecule has 0 aliphatic carbocycles. The molecule has 3 rings (SSSR count). The highest BCUT2D eigenvalue weighted by molar-refractivity contribution is 7.89. The van der Waals surface area contributed by atoms with Gasteiger partial charge >= 0.3 is 6.09 Å². The van der Waals surface area contributed by atoms with Crippen LogP contribution in [0.1, 0.15) is 23.0 Å². The number of nitrogens with one attached hydrogen (secondary N) is 1. The Labute approximate surface area is 168 Å². The van der Waals surface area contributed by atoms with Crippen LogP contribution in [-0.4, -0.2) is 67.6 Å². The van der Waals surface area contributed by atoms with Gasteiger partial charge in [0, 0.05) is 37.8 Å². The molecule has 0 atom stereocenters. The Bertz CT molecular complexity index is 978. The number of amides is 2. The minimum atomic E-state index is -3.73. The summed E-state index contributed by atoms with van der Waals surface area (Å²) in [4.78, 5) is 25.5. The van der Waals surface area contributed by atoms with Crippen LogP contribution in [0.25, 0.3) is 0 Å². The first-order valence-electron chi connectivity index (χ1n) is 9.08. The van der Waals surface area contributed by atoms with Crippen LogP contribution in [0.3, 0.4) is 0 Å². The van der Waals surface area contributed by atoms with Gasteiger partial charge in [0.2, 0.25) is 15.9 Å². The van der Waals surface area contributed by atoms with Crippen molar-refractivity contribution in [1.29, 1.82) is 0 Å². The minimum Gasteiger partial charge on any atom is -0.450 e. The molecule has 0 spiro atoms. The van der Waals surface area contributed by atoms with Crippen molar-refractivity contribution in [1.82, 2.24) is 14.4 Å². The van der Waals surface area contributed by atoms with Gasteiger partial charge in [-0.3, -0.25) is 10.1 Å². The number of rotatable bonds is 5. The number of sulfonamides is 1. The van der Waals surface area contributed by atoms with Gasteiger partial charge < -0.3 is 14.2 Å². The Morgan fingerprint density at radius 3 is 2.38 bits per heavy atom. The predicted octanol–water partition coefficient (Wildman–Crippen LogP) is 1.70. The largest absolute Gasteiger partial charge is 0.450 e. The molecule has 1 aliphatic rings. The average Bonchev–Trinajstić information content (AvgIpc) is 3.13. The zero-order valence-electron chi connectivity index (χ0n) is 16.1. The maximum absolute atomic E-state index is 12.8. The first-order chi connectivity index (χ1) is 13.8. The van der Waals surface area contributed by atoms with E-state index in [-0.39, 0.29) is 49.1 Å². The molecule has 2 amide bonds. The summed E-state index contributed by atoms with van der Waals surface area (Å²) in [5.74, 6) is -0.225. The van der Waals surface area contributed by atoms with Gasteiger partial charge in [-0.2, -0.15) is 4.31 Å². The van der Waals surface area contributed by atoms with Gasteiger partial charge in [-0.25, -0.2) is 13.2 Å². The first kappa shape index (κ1) is 20.8. The molecule has 10 nitrogen and oxygen atoms in total. The third-order valence-electron chi connectivity index (χ3n) is 4.38. The number of hydrogen-bond donors (Lipinski definition) is 1. The Balaban J connectivity index is 1.64. The van der Waals surface area contributed by atoms with Gasteiger partial charge in [-0.1, -0.05) is 5.16 Å². The number of aryl methyl sites for hydroxylation is 1. The van der Waals surface area contributed by atoms with Crippen LogP contribution in [0, 0.1) is 6.92 Å².